The molecule has 3 heterocycles. The molecular formula is C49H68GdN5O12. The number of carboxylic acid groups (broad SMARTS) is 2. The topological polar surface area (TPSA) is 240 Å². The van der Waals surface area contributed by atoms with Gasteiger partial charge in [-0.25, -0.2) is 4.99 Å². The van der Waals surface area contributed by atoms with Crippen molar-refractivity contribution in [3.8, 4) is 11.5 Å². The monoisotopic (exact) mass is 1080 g/mol. The molecule has 0 amide bonds. The number of aliphatic hydroxyl groups is 2. The predicted octanol–water partition coefficient (Wildman–Crippen LogP) is 4.54. The second-order valence-corrected chi connectivity index (χ2v) is 14.7. The molecule has 1 aromatic carbocycles. The molecule has 369 valence electrons. The number of methoxy groups -OCH3 is 2. The zero-order chi connectivity index (χ0) is 48.9. The fraction of sp³-hybridized carbons (Fsp3) is 0.510. The van der Waals surface area contributed by atoms with E-state index in [4.69, 9.17) is 73.2 Å². The van der Waals surface area contributed by atoms with Crippen molar-refractivity contribution in [2.24, 2.45) is 20.0 Å². The summed E-state index contributed by atoms with van der Waals surface area (Å²) in [6, 6.07) is 3.63. The van der Waals surface area contributed by atoms with Crippen LogP contribution >= 0.6 is 0 Å². The normalized spacial score (nSPS) is 13.9. The number of benzene rings is 1. The Labute approximate surface area is 427 Å². The van der Waals surface area contributed by atoms with Gasteiger partial charge in [-0.2, -0.15) is 0 Å². The molecule has 1 radical (unpaired) electrons. The van der Waals surface area contributed by atoms with E-state index in [-0.39, 0.29) is 66.4 Å². The third-order valence-electron chi connectivity index (χ3n) is 9.89. The van der Waals surface area contributed by atoms with E-state index in [9.17, 15) is 10.2 Å². The van der Waals surface area contributed by atoms with Crippen LogP contribution in [0, 0.1) is 39.9 Å². The average Bonchev–Trinajstić information content (AvgIpc) is 3.92. The van der Waals surface area contributed by atoms with E-state index < -0.39 is 11.9 Å². The van der Waals surface area contributed by atoms with Gasteiger partial charge < -0.3 is 63.4 Å². The fourth-order valence-electron chi connectivity index (χ4n) is 6.66. The molecule has 17 nitrogen and oxygen atoms in total. The van der Waals surface area contributed by atoms with E-state index in [1.54, 1.807) is 26.6 Å². The summed E-state index contributed by atoms with van der Waals surface area (Å²) < 4.78 is 33.9. The number of allylic oxidation sites excluding steroid dienone is 3. The maximum atomic E-state index is 9.78. The smallest absolute Gasteiger partial charge is 0.657 e. The Morgan fingerprint density at radius 1 is 0.761 bits per heavy atom. The number of carbonyl (C=O) groups is 2. The number of hydrogen-bond acceptors (Lipinski definition) is 16. The van der Waals surface area contributed by atoms with E-state index in [2.05, 4.69) is 26.5 Å². The van der Waals surface area contributed by atoms with E-state index in [1.807, 2.05) is 32.1 Å². The van der Waals surface area contributed by atoms with E-state index in [0.29, 0.717) is 94.0 Å². The van der Waals surface area contributed by atoms with Crippen LogP contribution in [0.5, 0.6) is 11.5 Å². The molecule has 2 aromatic rings. The van der Waals surface area contributed by atoms with Crippen LogP contribution in [0.3, 0.4) is 0 Å². The molecule has 1 aromatic heterocycles. The van der Waals surface area contributed by atoms with E-state index in [1.165, 1.54) is 16.7 Å². The van der Waals surface area contributed by atoms with Crippen LogP contribution in [-0.4, -0.2) is 133 Å². The first kappa shape index (κ1) is 60.8. The maximum absolute atomic E-state index is 9.78. The minimum absolute atomic E-state index is 0. The van der Waals surface area contributed by atoms with Crippen molar-refractivity contribution in [1.29, 1.82) is 0 Å². The molecule has 0 unspecified atom stereocenters. The minimum Gasteiger partial charge on any atom is -0.657 e. The molecular weight excluding hydrogens is 1010 g/mol. The second-order valence-electron chi connectivity index (χ2n) is 14.7. The van der Waals surface area contributed by atoms with Crippen molar-refractivity contribution in [2.45, 2.75) is 80.1 Å². The molecule has 2 aliphatic rings. The SMILES string of the molecule is C=Cc1[n-]c(/C=C2/N=C(C=Nc3cc(OCCOCCOC)c(OCCOCCOC)cc3N=CC3=NCC(CCCO)=C3C)C(C)=C2CCCO)c(CC)c1CC.CC(=O)[O-].CC(=O)[O-].[Gd+3]. The van der Waals surface area contributed by atoms with Gasteiger partial charge in [0.2, 0.25) is 0 Å². The summed E-state index contributed by atoms with van der Waals surface area (Å²) in [7, 11) is 3.26. The third kappa shape index (κ3) is 21.7. The third-order valence-corrected chi connectivity index (χ3v) is 9.89. The molecule has 18 heteroatoms. The van der Waals surface area contributed by atoms with Gasteiger partial charge in [-0.3, -0.25) is 15.0 Å². The summed E-state index contributed by atoms with van der Waals surface area (Å²) in [6.45, 7) is 18.2. The van der Waals surface area contributed by atoms with Gasteiger partial charge >= 0.3 is 39.9 Å². The number of aliphatic hydroxyl groups excluding tert-OH is 2. The zero-order valence-corrected chi connectivity index (χ0v) is 42.5. The Morgan fingerprint density at radius 3 is 1.72 bits per heavy atom. The molecule has 0 bridgehead atoms. The Bertz CT molecular complexity index is 2080. The number of hydrogen-bond donors (Lipinski definition) is 2. The van der Waals surface area contributed by atoms with Gasteiger partial charge in [0.1, 0.15) is 13.2 Å². The maximum Gasteiger partial charge on any atom is 3.00 e. The summed E-state index contributed by atoms with van der Waals surface area (Å²) in [5.41, 5.74) is 11.9. The number of aromatic nitrogens is 1. The quantitative estimate of drug-likeness (QED) is 0.0881. The molecule has 0 spiro atoms. The van der Waals surface area contributed by atoms with Gasteiger partial charge in [-0.15, -0.1) is 18.0 Å². The van der Waals surface area contributed by atoms with Gasteiger partial charge in [-0.1, -0.05) is 37.1 Å². The molecule has 0 saturated heterocycles. The summed E-state index contributed by atoms with van der Waals surface area (Å²) >= 11 is 0. The molecule has 4 rings (SSSR count). The van der Waals surface area contributed by atoms with Crippen LogP contribution in [0.25, 0.3) is 12.2 Å². The average molecular weight is 1080 g/mol. The van der Waals surface area contributed by atoms with Crippen molar-refractivity contribution >= 4 is 59.3 Å². The minimum atomic E-state index is -1.08. The van der Waals surface area contributed by atoms with E-state index >= 15 is 0 Å². The Morgan fingerprint density at radius 2 is 1.24 bits per heavy atom. The van der Waals surface area contributed by atoms with Crippen molar-refractivity contribution in [3.63, 3.8) is 0 Å². The van der Waals surface area contributed by atoms with Crippen molar-refractivity contribution in [1.82, 2.24) is 4.98 Å². The number of carbonyl (C=O) groups excluding carboxylic acids is 2. The Hall–Kier alpha value is -4.24. The summed E-state index contributed by atoms with van der Waals surface area (Å²) in [5, 5.41) is 36.9. The van der Waals surface area contributed by atoms with Crippen LogP contribution in [0.2, 0.25) is 0 Å². The molecule has 2 N–H and O–H groups in total. The van der Waals surface area contributed by atoms with Crippen LogP contribution in [0.15, 0.2) is 66.7 Å². The number of aliphatic imine (C=N–C) groups is 4. The molecule has 0 saturated carbocycles. The van der Waals surface area contributed by atoms with E-state index in [0.717, 1.165) is 72.6 Å². The van der Waals surface area contributed by atoms with Crippen molar-refractivity contribution in [3.05, 3.63) is 69.2 Å². The van der Waals surface area contributed by atoms with Gasteiger partial charge in [0.05, 0.1) is 87.1 Å². The number of nitrogens with zero attached hydrogens (tertiary/aromatic N) is 5. The molecule has 2 aliphatic heterocycles. The first-order chi connectivity index (χ1) is 31.8. The number of carboxylic acids is 2. The predicted molar refractivity (Wildman–Crippen MR) is 255 cm³/mol. The fourth-order valence-corrected chi connectivity index (χ4v) is 6.66. The molecule has 0 atom stereocenters. The molecule has 0 aliphatic carbocycles. The second kappa shape index (κ2) is 35.0. The van der Waals surface area contributed by atoms with Crippen LogP contribution in [0.4, 0.5) is 11.4 Å². The van der Waals surface area contributed by atoms with Gasteiger partial charge in [0.15, 0.2) is 11.5 Å². The summed E-state index contributed by atoms with van der Waals surface area (Å²) in [4.78, 5) is 42.4. The van der Waals surface area contributed by atoms with Gasteiger partial charge in [-0.05, 0) is 88.5 Å². The number of rotatable bonds is 28. The molecule has 67 heavy (non-hydrogen) atoms. The van der Waals surface area contributed by atoms with Gasteiger partial charge in [0.25, 0.3) is 0 Å². The largest absolute Gasteiger partial charge is 3.00 e. The van der Waals surface area contributed by atoms with Crippen molar-refractivity contribution < 1.29 is 98.4 Å². The number of ether oxygens (including phenoxy) is 6. The van der Waals surface area contributed by atoms with Crippen LogP contribution in [0.1, 0.15) is 89.7 Å². The first-order valence-electron chi connectivity index (χ1n) is 22.1. The number of aliphatic carboxylic acids is 2. The standard InChI is InChI=1S/C45H62N5O8.2C2H4O2.Gd/c1-8-34-35(9-2)38(49-37(34)10-3)25-39-36(14-12-16-52)32(5)43(50-39)30-48-41-27-45(58-24-22-56-20-18-54-7)44(57-23-21-55-19-17-53-6)26-40(41)47-29-42-31(4)33(28-46-42)13-11-15-51;2*1-2(3)4;/h10,25-27,29-30,51-52H,3,8-9,11-24,28H2,1-2,4-7H3;2*1H3,(H,3,4);/q-1;;;+3/p-2/b39-25+,47-29?,48-30?;;;. The van der Waals surface area contributed by atoms with Crippen molar-refractivity contribution in [2.75, 3.05) is 86.8 Å². The first-order valence-corrected chi connectivity index (χ1v) is 22.1. The van der Waals surface area contributed by atoms with Crippen LogP contribution in [-0.2, 0) is 41.4 Å². The Kier molecular flexibility index (Phi) is 31.7. The summed E-state index contributed by atoms with van der Waals surface area (Å²) in [5.74, 6) is -1.21. The van der Waals surface area contributed by atoms with Crippen LogP contribution < -0.4 is 24.7 Å². The van der Waals surface area contributed by atoms with Gasteiger partial charge in [0, 0.05) is 51.5 Å². The molecule has 0 fully saturated rings. The Balaban J connectivity index is 0.00000230. The zero-order valence-electron chi connectivity index (χ0n) is 40.3. The summed E-state index contributed by atoms with van der Waals surface area (Å²) in [6.07, 6.45) is 11.8.